The maximum Gasteiger partial charge on any atom is 0.339 e. The summed E-state index contributed by atoms with van der Waals surface area (Å²) in [5, 5.41) is 9.04. The third kappa shape index (κ3) is 2.38. The number of hydrogen-bond acceptors (Lipinski definition) is 3. The van der Waals surface area contributed by atoms with E-state index in [0.717, 1.165) is 25.1 Å². The van der Waals surface area contributed by atoms with Crippen molar-refractivity contribution in [2.75, 3.05) is 11.9 Å². The molecule has 1 N–H and O–H groups in total. The molecule has 92 valence electrons. The molecule has 1 saturated carbocycles. The lowest BCUT2D eigenvalue weighted by atomic mass is 10.1. The van der Waals surface area contributed by atoms with Gasteiger partial charge >= 0.3 is 5.97 Å². The van der Waals surface area contributed by atoms with Crippen molar-refractivity contribution in [3.05, 3.63) is 23.6 Å². The first-order valence-corrected chi connectivity index (χ1v) is 5.62. The Bertz CT molecular complexity index is 446. The molecule has 1 heterocycles. The van der Waals surface area contributed by atoms with E-state index >= 15 is 0 Å². The SMILES string of the molecule is CC(C1CC1)N(C)c1ncc(F)cc1C(=O)O. The molecule has 0 saturated heterocycles. The highest BCUT2D eigenvalue weighted by Gasteiger charge is 2.32. The Balaban J connectivity index is 2.32. The minimum Gasteiger partial charge on any atom is -0.478 e. The number of nitrogens with zero attached hydrogens (tertiary/aromatic N) is 2. The van der Waals surface area contributed by atoms with Gasteiger partial charge in [0, 0.05) is 13.1 Å². The van der Waals surface area contributed by atoms with Gasteiger partial charge in [-0.05, 0) is 31.7 Å². The highest BCUT2D eigenvalue weighted by Crippen LogP contribution is 2.36. The summed E-state index contributed by atoms with van der Waals surface area (Å²) in [6.07, 6.45) is 3.38. The lowest BCUT2D eigenvalue weighted by molar-refractivity contribution is 0.0696. The van der Waals surface area contributed by atoms with Gasteiger partial charge in [-0.15, -0.1) is 0 Å². The van der Waals surface area contributed by atoms with E-state index in [2.05, 4.69) is 4.98 Å². The Morgan fingerprint density at radius 2 is 2.29 bits per heavy atom. The maximum absolute atomic E-state index is 13.0. The topological polar surface area (TPSA) is 53.4 Å². The molecule has 1 fully saturated rings. The van der Waals surface area contributed by atoms with E-state index in [-0.39, 0.29) is 11.6 Å². The predicted molar refractivity (Wildman–Crippen MR) is 61.7 cm³/mol. The summed E-state index contributed by atoms with van der Waals surface area (Å²) in [6, 6.07) is 1.24. The molecular formula is C12H15FN2O2. The van der Waals surface area contributed by atoms with Gasteiger partial charge in [-0.1, -0.05) is 0 Å². The first-order valence-electron chi connectivity index (χ1n) is 5.62. The molecule has 0 amide bonds. The van der Waals surface area contributed by atoms with Gasteiger partial charge in [0.05, 0.1) is 6.20 Å². The third-order valence-electron chi connectivity index (χ3n) is 3.31. The summed E-state index contributed by atoms with van der Waals surface area (Å²) >= 11 is 0. The summed E-state index contributed by atoms with van der Waals surface area (Å²) in [4.78, 5) is 16.8. The lowest BCUT2D eigenvalue weighted by Gasteiger charge is -2.27. The number of hydrogen-bond donors (Lipinski definition) is 1. The largest absolute Gasteiger partial charge is 0.478 e. The first-order chi connectivity index (χ1) is 8.00. The zero-order chi connectivity index (χ0) is 12.6. The fraction of sp³-hybridized carbons (Fsp3) is 0.500. The zero-order valence-corrected chi connectivity index (χ0v) is 9.85. The molecule has 0 spiro atoms. The van der Waals surface area contributed by atoms with Crippen molar-refractivity contribution in [3.8, 4) is 0 Å². The number of anilines is 1. The second kappa shape index (κ2) is 4.31. The van der Waals surface area contributed by atoms with Crippen molar-refractivity contribution in [1.29, 1.82) is 0 Å². The number of carboxylic acid groups (broad SMARTS) is 1. The average molecular weight is 238 g/mol. The van der Waals surface area contributed by atoms with Crippen LogP contribution in [-0.4, -0.2) is 29.1 Å². The number of halogens is 1. The van der Waals surface area contributed by atoms with Gasteiger partial charge in [0.25, 0.3) is 0 Å². The fourth-order valence-corrected chi connectivity index (χ4v) is 1.96. The van der Waals surface area contributed by atoms with Crippen LogP contribution in [-0.2, 0) is 0 Å². The van der Waals surface area contributed by atoms with Crippen LogP contribution in [0.2, 0.25) is 0 Å². The predicted octanol–water partition coefficient (Wildman–Crippen LogP) is 2.15. The normalized spacial score (nSPS) is 16.6. The molecule has 0 bridgehead atoms. The summed E-state index contributed by atoms with van der Waals surface area (Å²) in [5.41, 5.74) is -0.0833. The van der Waals surface area contributed by atoms with Crippen LogP contribution in [0.1, 0.15) is 30.1 Å². The highest BCUT2D eigenvalue weighted by atomic mass is 19.1. The zero-order valence-electron chi connectivity index (χ0n) is 9.85. The Labute approximate surface area is 99.1 Å². The van der Waals surface area contributed by atoms with Gasteiger partial charge in [-0.25, -0.2) is 14.2 Å². The molecular weight excluding hydrogens is 223 g/mol. The van der Waals surface area contributed by atoms with E-state index in [0.29, 0.717) is 11.7 Å². The molecule has 1 aromatic heterocycles. The quantitative estimate of drug-likeness (QED) is 0.873. The van der Waals surface area contributed by atoms with Crippen LogP contribution in [0, 0.1) is 11.7 Å². The summed E-state index contributed by atoms with van der Waals surface area (Å²) in [7, 11) is 1.80. The van der Waals surface area contributed by atoms with Gasteiger partial charge in [-0.3, -0.25) is 0 Å². The standard InChI is InChI=1S/C12H15FN2O2/c1-7(8-3-4-8)15(2)11-10(12(16)17)5-9(13)6-14-11/h5-8H,3-4H2,1-2H3,(H,16,17). The summed E-state index contributed by atoms with van der Waals surface area (Å²) in [6.45, 7) is 2.04. The van der Waals surface area contributed by atoms with Gasteiger partial charge in [0.1, 0.15) is 17.2 Å². The molecule has 4 nitrogen and oxygen atoms in total. The molecule has 0 aromatic carbocycles. The van der Waals surface area contributed by atoms with Gasteiger partial charge in [-0.2, -0.15) is 0 Å². The van der Waals surface area contributed by atoms with Crippen LogP contribution in [0.5, 0.6) is 0 Å². The minimum atomic E-state index is -1.15. The number of carboxylic acids is 1. The first kappa shape index (κ1) is 11.8. The monoisotopic (exact) mass is 238 g/mol. The van der Waals surface area contributed by atoms with Crippen molar-refractivity contribution in [2.24, 2.45) is 5.92 Å². The van der Waals surface area contributed by atoms with E-state index in [1.807, 2.05) is 11.8 Å². The Hall–Kier alpha value is -1.65. The lowest BCUT2D eigenvalue weighted by Crippen LogP contribution is -2.32. The number of rotatable bonds is 4. The number of aromatic carboxylic acids is 1. The van der Waals surface area contributed by atoms with Crippen LogP contribution in [0.3, 0.4) is 0 Å². The van der Waals surface area contributed by atoms with Crippen LogP contribution >= 0.6 is 0 Å². The summed E-state index contributed by atoms with van der Waals surface area (Å²) in [5.74, 6) is -0.854. The van der Waals surface area contributed by atoms with Crippen molar-refractivity contribution in [3.63, 3.8) is 0 Å². The minimum absolute atomic E-state index is 0.0833. The van der Waals surface area contributed by atoms with Gasteiger partial charge < -0.3 is 10.0 Å². The van der Waals surface area contributed by atoms with E-state index < -0.39 is 11.8 Å². The molecule has 5 heteroatoms. The molecule has 1 aliphatic rings. The van der Waals surface area contributed by atoms with E-state index in [9.17, 15) is 9.18 Å². The number of pyridine rings is 1. The highest BCUT2D eigenvalue weighted by molar-refractivity contribution is 5.93. The van der Waals surface area contributed by atoms with Crippen molar-refractivity contribution >= 4 is 11.8 Å². The Morgan fingerprint density at radius 1 is 1.65 bits per heavy atom. The molecule has 2 rings (SSSR count). The third-order valence-corrected chi connectivity index (χ3v) is 3.31. The molecule has 17 heavy (non-hydrogen) atoms. The Morgan fingerprint density at radius 3 is 2.82 bits per heavy atom. The van der Waals surface area contributed by atoms with E-state index in [4.69, 9.17) is 5.11 Å². The number of carbonyl (C=O) groups is 1. The molecule has 0 radical (unpaired) electrons. The van der Waals surface area contributed by atoms with Crippen molar-refractivity contribution in [2.45, 2.75) is 25.8 Å². The fourth-order valence-electron chi connectivity index (χ4n) is 1.96. The summed E-state index contributed by atoms with van der Waals surface area (Å²) < 4.78 is 13.0. The van der Waals surface area contributed by atoms with Crippen molar-refractivity contribution < 1.29 is 14.3 Å². The van der Waals surface area contributed by atoms with E-state index in [1.165, 1.54) is 0 Å². The molecule has 1 unspecified atom stereocenters. The Kier molecular flexibility index (Phi) is 3.00. The van der Waals surface area contributed by atoms with Crippen LogP contribution in [0.15, 0.2) is 12.3 Å². The maximum atomic E-state index is 13.0. The molecule has 1 aliphatic carbocycles. The van der Waals surface area contributed by atoms with E-state index in [1.54, 1.807) is 7.05 Å². The smallest absolute Gasteiger partial charge is 0.339 e. The average Bonchev–Trinajstić information content (AvgIpc) is 3.10. The molecule has 1 atom stereocenters. The van der Waals surface area contributed by atoms with Crippen LogP contribution in [0.4, 0.5) is 10.2 Å². The second-order valence-electron chi connectivity index (χ2n) is 4.52. The molecule has 1 aromatic rings. The number of aromatic nitrogens is 1. The van der Waals surface area contributed by atoms with Gasteiger partial charge in [0.2, 0.25) is 0 Å². The molecule has 0 aliphatic heterocycles. The van der Waals surface area contributed by atoms with Gasteiger partial charge in [0.15, 0.2) is 0 Å². The van der Waals surface area contributed by atoms with Crippen LogP contribution < -0.4 is 4.90 Å². The second-order valence-corrected chi connectivity index (χ2v) is 4.52. The van der Waals surface area contributed by atoms with Crippen molar-refractivity contribution in [1.82, 2.24) is 4.98 Å². The van der Waals surface area contributed by atoms with Crippen LogP contribution in [0.25, 0.3) is 0 Å².